The minimum atomic E-state index is -0.663. The van der Waals surface area contributed by atoms with E-state index in [-0.39, 0.29) is 11.6 Å². The van der Waals surface area contributed by atoms with Crippen LogP contribution in [-0.2, 0) is 7.05 Å². The molecule has 0 bridgehead atoms. The Kier molecular flexibility index (Phi) is 5.18. The highest BCUT2D eigenvalue weighted by Crippen LogP contribution is 2.25. The normalized spacial score (nSPS) is 11.8. The molecule has 1 atom stereocenters. The second kappa shape index (κ2) is 7.56. The lowest BCUT2D eigenvalue weighted by Crippen LogP contribution is -2.31. The molecule has 5 nitrogen and oxygen atoms in total. The second-order valence-corrected chi connectivity index (χ2v) is 6.60. The van der Waals surface area contributed by atoms with Crippen LogP contribution in [0.3, 0.4) is 0 Å². The van der Waals surface area contributed by atoms with Gasteiger partial charge in [-0.05, 0) is 35.4 Å². The maximum absolute atomic E-state index is 12.9. The Balaban J connectivity index is 2.00. The van der Waals surface area contributed by atoms with E-state index in [0.29, 0.717) is 11.3 Å². The molecule has 0 aliphatic heterocycles. The highest BCUT2D eigenvalue weighted by molar-refractivity contribution is 6.01. The van der Waals surface area contributed by atoms with Crippen molar-refractivity contribution in [2.75, 3.05) is 0 Å². The summed E-state index contributed by atoms with van der Waals surface area (Å²) >= 11 is 0. The van der Waals surface area contributed by atoms with E-state index in [2.05, 4.69) is 18.5 Å². The van der Waals surface area contributed by atoms with Crippen molar-refractivity contribution >= 4 is 28.8 Å². The molecule has 1 amide bonds. The van der Waals surface area contributed by atoms with Crippen LogP contribution in [0.4, 0.5) is 0 Å². The average Bonchev–Trinajstić information content (AvgIpc) is 2.71. The number of hydrogen-bond acceptors (Lipinski definition) is 3. The number of benzene rings is 2. The molecule has 3 aromatic rings. The van der Waals surface area contributed by atoms with Gasteiger partial charge in [0.1, 0.15) is 0 Å². The van der Waals surface area contributed by atoms with E-state index in [4.69, 9.17) is 0 Å². The van der Waals surface area contributed by atoms with Gasteiger partial charge >= 0.3 is 0 Å². The summed E-state index contributed by atoms with van der Waals surface area (Å²) in [5.74, 6) is -1.15. The third-order valence-corrected chi connectivity index (χ3v) is 4.90. The summed E-state index contributed by atoms with van der Waals surface area (Å²) in [6.07, 6.45) is 2.90. The molecule has 28 heavy (non-hydrogen) atoms. The molecule has 0 unspecified atom stereocenters. The topological polar surface area (TPSA) is 71.3 Å². The van der Waals surface area contributed by atoms with Gasteiger partial charge in [0, 0.05) is 12.6 Å². The molecule has 0 fully saturated rings. The maximum Gasteiger partial charge on any atom is 0.293 e. The van der Waals surface area contributed by atoms with E-state index in [9.17, 15) is 14.7 Å². The monoisotopic (exact) mass is 374 g/mol. The molecular weight excluding hydrogens is 352 g/mol. The van der Waals surface area contributed by atoms with Gasteiger partial charge in [-0.15, -0.1) is 0 Å². The van der Waals surface area contributed by atoms with Gasteiger partial charge in [-0.2, -0.15) is 0 Å². The van der Waals surface area contributed by atoms with E-state index >= 15 is 0 Å². The zero-order valence-electron chi connectivity index (χ0n) is 15.9. The maximum atomic E-state index is 12.9. The first-order valence-corrected chi connectivity index (χ1v) is 8.89. The van der Waals surface area contributed by atoms with Gasteiger partial charge in [0.15, 0.2) is 5.75 Å². The van der Waals surface area contributed by atoms with E-state index in [1.165, 1.54) is 23.8 Å². The zero-order valence-corrected chi connectivity index (χ0v) is 15.9. The number of pyridine rings is 1. The zero-order chi connectivity index (χ0) is 20.4. The quantitative estimate of drug-likeness (QED) is 0.708. The van der Waals surface area contributed by atoms with Crippen molar-refractivity contribution in [3.63, 3.8) is 0 Å². The second-order valence-electron chi connectivity index (χ2n) is 6.60. The molecule has 0 saturated heterocycles. The van der Waals surface area contributed by atoms with Crippen LogP contribution in [0.5, 0.6) is 5.75 Å². The van der Waals surface area contributed by atoms with Crippen LogP contribution in [0, 0.1) is 0 Å². The fraction of sp³-hybridized carbons (Fsp3) is 0.130. The van der Waals surface area contributed by atoms with E-state index in [0.717, 1.165) is 16.3 Å². The van der Waals surface area contributed by atoms with Gasteiger partial charge in [-0.25, -0.2) is 0 Å². The summed E-state index contributed by atoms with van der Waals surface area (Å²) in [6.45, 7) is 9.25. The summed E-state index contributed by atoms with van der Waals surface area (Å²) in [4.78, 5) is 25.2. The number of nitrogens with zero attached hydrogens (tertiary/aromatic N) is 1. The average molecular weight is 374 g/mol. The molecule has 1 heterocycles. The lowest BCUT2D eigenvalue weighted by Gasteiger charge is -2.18. The van der Waals surface area contributed by atoms with Crippen LogP contribution >= 0.6 is 0 Å². The number of nitrogens with one attached hydrogen (secondary N) is 1. The Morgan fingerprint density at radius 1 is 1.14 bits per heavy atom. The predicted octanol–water partition coefficient (Wildman–Crippen LogP) is 4.02. The van der Waals surface area contributed by atoms with Crippen LogP contribution in [0.25, 0.3) is 22.9 Å². The Bertz CT molecular complexity index is 1160. The summed E-state index contributed by atoms with van der Waals surface area (Å²) in [5, 5.41) is 15.4. The number of amides is 1. The Labute approximate surface area is 163 Å². The van der Waals surface area contributed by atoms with E-state index in [1.54, 1.807) is 0 Å². The first-order chi connectivity index (χ1) is 13.4. The molecule has 0 saturated carbocycles. The molecule has 2 aromatic carbocycles. The number of carbonyl (C=O) groups excluding carboxylic acids is 1. The number of rotatable bonds is 5. The highest BCUT2D eigenvalue weighted by atomic mass is 16.3. The highest BCUT2D eigenvalue weighted by Gasteiger charge is 2.23. The fourth-order valence-corrected chi connectivity index (χ4v) is 3.32. The Morgan fingerprint density at radius 2 is 1.82 bits per heavy atom. The molecule has 3 rings (SSSR count). The van der Waals surface area contributed by atoms with Crippen molar-refractivity contribution in [2.24, 2.45) is 7.05 Å². The molecule has 142 valence electrons. The molecule has 5 heteroatoms. The van der Waals surface area contributed by atoms with Crippen molar-refractivity contribution in [1.82, 2.24) is 9.88 Å². The van der Waals surface area contributed by atoms with Crippen molar-refractivity contribution in [2.45, 2.75) is 13.0 Å². The number of aromatic hydroxyl groups is 1. The van der Waals surface area contributed by atoms with Gasteiger partial charge in [0.05, 0.1) is 17.3 Å². The van der Waals surface area contributed by atoms with Crippen molar-refractivity contribution in [3.05, 3.63) is 88.4 Å². The molecule has 1 aromatic heterocycles. The van der Waals surface area contributed by atoms with Crippen molar-refractivity contribution in [3.8, 4) is 5.75 Å². The largest absolute Gasteiger partial charge is 0.502 e. The standard InChI is InChI=1S/C23H22N2O3/c1-5-18-19(6-2)25(4)23(28)21(26)20(18)22(27)24-14(3)16-12-11-15-9-7-8-10-17(15)13-16/h5-14,26H,1-2H2,3-4H3,(H,24,27)/t14-/m0/s1. The lowest BCUT2D eigenvalue weighted by molar-refractivity contribution is 0.0936. The van der Waals surface area contributed by atoms with Gasteiger partial charge in [-0.3, -0.25) is 9.59 Å². The number of aromatic nitrogens is 1. The van der Waals surface area contributed by atoms with Gasteiger partial charge < -0.3 is 15.0 Å². The van der Waals surface area contributed by atoms with Crippen LogP contribution in [-0.4, -0.2) is 15.6 Å². The minimum absolute atomic E-state index is 0.0966. The first kappa shape index (κ1) is 19.2. The number of fused-ring (bicyclic) bond motifs is 1. The van der Waals surface area contributed by atoms with E-state index in [1.807, 2.05) is 49.4 Å². The minimum Gasteiger partial charge on any atom is -0.502 e. The van der Waals surface area contributed by atoms with E-state index < -0.39 is 17.2 Å². The summed E-state index contributed by atoms with van der Waals surface area (Å²) in [5.41, 5.74) is 0.934. The summed E-state index contributed by atoms with van der Waals surface area (Å²) in [7, 11) is 1.51. The van der Waals surface area contributed by atoms with Gasteiger partial charge in [0.2, 0.25) is 0 Å². The fourth-order valence-electron chi connectivity index (χ4n) is 3.32. The first-order valence-electron chi connectivity index (χ1n) is 8.89. The van der Waals surface area contributed by atoms with Gasteiger partial charge in [0.25, 0.3) is 11.5 Å². The molecular formula is C23H22N2O3. The SMILES string of the molecule is C=Cc1c(C(=O)N[C@@H](C)c2ccc3ccccc3c2)c(O)c(=O)n(C)c1C=C. The predicted molar refractivity (Wildman–Crippen MR) is 113 cm³/mol. The van der Waals surface area contributed by atoms with Gasteiger partial charge in [-0.1, -0.05) is 55.6 Å². The smallest absolute Gasteiger partial charge is 0.293 e. The third kappa shape index (κ3) is 3.22. The van der Waals surface area contributed by atoms with Crippen LogP contribution in [0.15, 0.2) is 60.4 Å². The molecule has 0 aliphatic rings. The van der Waals surface area contributed by atoms with Crippen molar-refractivity contribution < 1.29 is 9.90 Å². The number of carbonyl (C=O) groups is 1. The molecule has 2 N–H and O–H groups in total. The molecule has 0 aliphatic carbocycles. The lowest BCUT2D eigenvalue weighted by atomic mass is 10.0. The van der Waals surface area contributed by atoms with Crippen LogP contribution < -0.4 is 10.9 Å². The molecule has 0 spiro atoms. The summed E-state index contributed by atoms with van der Waals surface area (Å²) < 4.78 is 1.24. The Morgan fingerprint density at radius 3 is 2.46 bits per heavy atom. The van der Waals surface area contributed by atoms with Crippen LogP contribution in [0.2, 0.25) is 0 Å². The summed E-state index contributed by atoms with van der Waals surface area (Å²) in [6, 6.07) is 13.6. The third-order valence-electron chi connectivity index (χ3n) is 4.90. The molecule has 0 radical (unpaired) electrons. The van der Waals surface area contributed by atoms with Crippen molar-refractivity contribution in [1.29, 1.82) is 0 Å². The Hall–Kier alpha value is -3.60. The van der Waals surface area contributed by atoms with Crippen LogP contribution in [0.1, 0.15) is 40.1 Å². The number of hydrogen-bond donors (Lipinski definition) is 2.